The fourth-order valence-electron chi connectivity index (χ4n) is 2.74. The van der Waals surface area contributed by atoms with E-state index < -0.39 is 0 Å². The molecule has 0 unspecified atom stereocenters. The number of hydrazone groups is 1. The lowest BCUT2D eigenvalue weighted by Gasteiger charge is -2.25. The molecule has 1 aromatic rings. The van der Waals surface area contributed by atoms with Gasteiger partial charge in [0.05, 0.1) is 6.21 Å². The van der Waals surface area contributed by atoms with Crippen molar-refractivity contribution in [3.05, 3.63) is 29.8 Å². The third-order valence-corrected chi connectivity index (χ3v) is 4.17. The van der Waals surface area contributed by atoms with Crippen LogP contribution in [-0.4, -0.2) is 17.2 Å². The highest BCUT2D eigenvalue weighted by Crippen LogP contribution is 2.65. The van der Waals surface area contributed by atoms with E-state index in [1.54, 1.807) is 18.2 Å². The Bertz CT molecular complexity index is 506. The SMILES string of the molecule is O=C(N/N=C\c1ccccc1O)[C@@H]1CC12CCC2. The predicted molar refractivity (Wildman–Crippen MR) is 68.2 cm³/mol. The van der Waals surface area contributed by atoms with Gasteiger partial charge < -0.3 is 5.11 Å². The molecule has 0 aliphatic heterocycles. The van der Waals surface area contributed by atoms with Crippen molar-refractivity contribution in [2.24, 2.45) is 16.4 Å². The monoisotopic (exact) mass is 244 g/mol. The largest absolute Gasteiger partial charge is 0.507 e. The fraction of sp³-hybridized carbons (Fsp3) is 0.429. The molecule has 2 fully saturated rings. The van der Waals surface area contributed by atoms with Crippen LogP contribution in [-0.2, 0) is 4.79 Å². The zero-order valence-corrected chi connectivity index (χ0v) is 10.1. The summed E-state index contributed by atoms with van der Waals surface area (Å²) < 4.78 is 0. The Balaban J connectivity index is 1.55. The third kappa shape index (κ3) is 1.88. The number of nitrogens with zero attached hydrogens (tertiary/aromatic N) is 1. The molecule has 4 nitrogen and oxygen atoms in total. The lowest BCUT2D eigenvalue weighted by molar-refractivity contribution is -0.123. The molecule has 0 saturated heterocycles. The zero-order chi connectivity index (χ0) is 12.6. The highest BCUT2D eigenvalue weighted by atomic mass is 16.3. The Morgan fingerprint density at radius 3 is 2.83 bits per heavy atom. The van der Waals surface area contributed by atoms with Crippen LogP contribution in [0.15, 0.2) is 29.4 Å². The minimum atomic E-state index is 0.0152. The minimum Gasteiger partial charge on any atom is -0.507 e. The predicted octanol–water partition coefficient (Wildman–Crippen LogP) is 2.03. The van der Waals surface area contributed by atoms with Gasteiger partial charge in [-0.25, -0.2) is 5.43 Å². The molecule has 2 aliphatic carbocycles. The van der Waals surface area contributed by atoms with Crippen LogP contribution >= 0.6 is 0 Å². The highest BCUT2D eigenvalue weighted by molar-refractivity contribution is 5.86. The first-order valence-corrected chi connectivity index (χ1v) is 6.32. The smallest absolute Gasteiger partial charge is 0.243 e. The molecular formula is C14H16N2O2. The standard InChI is InChI=1S/C14H16N2O2/c17-12-5-2-1-4-10(12)9-15-16-13(18)11-8-14(11)6-3-7-14/h1-2,4-5,9,11,17H,3,6-8H2,(H,16,18)/b15-9-/t11-/m0/s1. The van der Waals surface area contributed by atoms with E-state index in [4.69, 9.17) is 0 Å². The summed E-state index contributed by atoms with van der Waals surface area (Å²) in [5, 5.41) is 13.4. The fourth-order valence-corrected chi connectivity index (χ4v) is 2.74. The van der Waals surface area contributed by atoms with Crippen molar-refractivity contribution in [1.82, 2.24) is 5.43 Å². The number of amides is 1. The van der Waals surface area contributed by atoms with Gasteiger partial charge in [0.15, 0.2) is 0 Å². The van der Waals surface area contributed by atoms with Crippen molar-refractivity contribution in [3.8, 4) is 5.75 Å². The summed E-state index contributed by atoms with van der Waals surface area (Å²) in [5.41, 5.74) is 3.49. The number of rotatable bonds is 3. The number of carbonyl (C=O) groups excluding carboxylic acids is 1. The van der Waals surface area contributed by atoms with Gasteiger partial charge in [0.1, 0.15) is 5.75 Å². The third-order valence-electron chi connectivity index (χ3n) is 4.17. The maximum Gasteiger partial charge on any atom is 0.243 e. The number of para-hydroxylation sites is 1. The van der Waals surface area contributed by atoms with E-state index in [-0.39, 0.29) is 17.6 Å². The lowest BCUT2D eigenvalue weighted by Crippen LogP contribution is -2.26. The van der Waals surface area contributed by atoms with E-state index in [9.17, 15) is 9.90 Å². The Morgan fingerprint density at radius 1 is 1.44 bits per heavy atom. The number of hydrogen-bond donors (Lipinski definition) is 2. The highest BCUT2D eigenvalue weighted by Gasteiger charge is 2.60. The Hall–Kier alpha value is -1.84. The van der Waals surface area contributed by atoms with Gasteiger partial charge in [-0.05, 0) is 36.8 Å². The van der Waals surface area contributed by atoms with E-state index in [1.807, 2.05) is 6.07 Å². The molecule has 2 saturated carbocycles. The summed E-state index contributed by atoms with van der Waals surface area (Å²) in [6.07, 6.45) is 6.13. The topological polar surface area (TPSA) is 61.7 Å². The maximum absolute atomic E-state index is 11.8. The molecule has 4 heteroatoms. The molecule has 0 radical (unpaired) electrons. The van der Waals surface area contributed by atoms with Crippen LogP contribution in [0.5, 0.6) is 5.75 Å². The summed E-state index contributed by atoms with van der Waals surface area (Å²) in [6, 6.07) is 6.89. The van der Waals surface area contributed by atoms with Crippen molar-refractivity contribution in [2.45, 2.75) is 25.7 Å². The quantitative estimate of drug-likeness (QED) is 0.631. The van der Waals surface area contributed by atoms with E-state index in [1.165, 1.54) is 25.5 Å². The molecule has 0 aromatic heterocycles. The van der Waals surface area contributed by atoms with E-state index in [0.29, 0.717) is 11.0 Å². The van der Waals surface area contributed by atoms with E-state index >= 15 is 0 Å². The van der Waals surface area contributed by atoms with E-state index in [2.05, 4.69) is 10.5 Å². The van der Waals surface area contributed by atoms with Gasteiger partial charge in [0.2, 0.25) is 5.91 Å². The molecule has 94 valence electrons. The van der Waals surface area contributed by atoms with Gasteiger partial charge in [-0.3, -0.25) is 4.79 Å². The second-order valence-corrected chi connectivity index (χ2v) is 5.27. The summed E-state index contributed by atoms with van der Waals surface area (Å²) in [6.45, 7) is 0. The van der Waals surface area contributed by atoms with Crippen molar-refractivity contribution in [3.63, 3.8) is 0 Å². The number of nitrogens with one attached hydrogen (secondary N) is 1. The van der Waals surface area contributed by atoms with Crippen molar-refractivity contribution in [2.75, 3.05) is 0 Å². The van der Waals surface area contributed by atoms with Crippen LogP contribution in [0.3, 0.4) is 0 Å². The number of benzene rings is 1. The molecule has 2 N–H and O–H groups in total. The second kappa shape index (κ2) is 4.12. The van der Waals surface area contributed by atoms with Crippen LogP contribution < -0.4 is 5.43 Å². The summed E-state index contributed by atoms with van der Waals surface area (Å²) in [5.74, 6) is 0.339. The first kappa shape index (κ1) is 11.3. The molecule has 1 aromatic carbocycles. The molecule has 3 rings (SSSR count). The average molecular weight is 244 g/mol. The maximum atomic E-state index is 11.8. The number of phenols is 1. The first-order valence-electron chi connectivity index (χ1n) is 6.32. The summed E-state index contributed by atoms with van der Waals surface area (Å²) in [4.78, 5) is 11.8. The van der Waals surface area contributed by atoms with Crippen LogP contribution in [0, 0.1) is 11.3 Å². The molecule has 0 heterocycles. The molecule has 1 spiro atoms. The average Bonchev–Trinajstić information content (AvgIpc) is 3.07. The molecule has 18 heavy (non-hydrogen) atoms. The number of carbonyl (C=O) groups is 1. The summed E-state index contributed by atoms with van der Waals surface area (Å²) in [7, 11) is 0. The van der Waals surface area contributed by atoms with Gasteiger partial charge in [-0.15, -0.1) is 0 Å². The normalized spacial score (nSPS) is 23.9. The van der Waals surface area contributed by atoms with Crippen molar-refractivity contribution < 1.29 is 9.90 Å². The number of aromatic hydroxyl groups is 1. The van der Waals surface area contributed by atoms with Gasteiger partial charge in [-0.2, -0.15) is 5.10 Å². The Labute approximate surface area is 106 Å². The van der Waals surface area contributed by atoms with Gasteiger partial charge in [0.25, 0.3) is 0 Å². The van der Waals surface area contributed by atoms with Gasteiger partial charge in [-0.1, -0.05) is 18.6 Å². The first-order chi connectivity index (χ1) is 8.71. The second-order valence-electron chi connectivity index (χ2n) is 5.27. The van der Waals surface area contributed by atoms with Crippen LogP contribution in [0.25, 0.3) is 0 Å². The summed E-state index contributed by atoms with van der Waals surface area (Å²) >= 11 is 0. The molecule has 1 atom stereocenters. The Kier molecular flexibility index (Phi) is 2.58. The molecular weight excluding hydrogens is 228 g/mol. The van der Waals surface area contributed by atoms with Crippen molar-refractivity contribution in [1.29, 1.82) is 0 Å². The lowest BCUT2D eigenvalue weighted by atomic mass is 9.80. The minimum absolute atomic E-state index is 0.0152. The van der Waals surface area contributed by atoms with Crippen LogP contribution in [0.4, 0.5) is 0 Å². The Morgan fingerprint density at radius 2 is 2.22 bits per heavy atom. The van der Waals surface area contributed by atoms with E-state index in [0.717, 1.165) is 6.42 Å². The number of phenolic OH excluding ortho intramolecular Hbond substituents is 1. The van der Waals surface area contributed by atoms with Crippen LogP contribution in [0.2, 0.25) is 0 Å². The zero-order valence-electron chi connectivity index (χ0n) is 10.1. The molecule has 1 amide bonds. The number of hydrogen-bond acceptors (Lipinski definition) is 3. The molecule has 0 bridgehead atoms. The molecule has 2 aliphatic rings. The van der Waals surface area contributed by atoms with Gasteiger partial charge >= 0.3 is 0 Å². The van der Waals surface area contributed by atoms with Gasteiger partial charge in [0, 0.05) is 11.5 Å². The van der Waals surface area contributed by atoms with Crippen molar-refractivity contribution >= 4 is 12.1 Å². The van der Waals surface area contributed by atoms with Crippen LogP contribution in [0.1, 0.15) is 31.2 Å².